The summed E-state index contributed by atoms with van der Waals surface area (Å²) in [7, 11) is 0.417. The minimum atomic E-state index is -3.44. The maximum absolute atomic E-state index is 12.0. The van der Waals surface area contributed by atoms with Gasteiger partial charge in [-0.15, -0.1) is 0 Å². The second-order valence-corrected chi connectivity index (χ2v) is 6.69. The number of rotatable bonds is 4. The van der Waals surface area contributed by atoms with E-state index in [-0.39, 0.29) is 6.04 Å². The summed E-state index contributed by atoms with van der Waals surface area (Å²) in [6.07, 6.45) is 1.77. The number of sulfonamides is 1. The highest BCUT2D eigenvalue weighted by Gasteiger charge is 2.37. The monoisotopic (exact) mass is 245 g/mol. The largest absolute Gasteiger partial charge is 0.308 e. The number of hydrogen-bond donors (Lipinski definition) is 0. The van der Waals surface area contributed by atoms with E-state index in [2.05, 4.69) is 0 Å². The van der Waals surface area contributed by atoms with Gasteiger partial charge in [-0.2, -0.15) is 9.57 Å². The molecule has 16 heavy (non-hydrogen) atoms. The van der Waals surface area contributed by atoms with Crippen molar-refractivity contribution in [3.8, 4) is 6.07 Å². The molecule has 0 bridgehead atoms. The van der Waals surface area contributed by atoms with Gasteiger partial charge in [-0.25, -0.2) is 8.42 Å². The van der Waals surface area contributed by atoms with Crippen molar-refractivity contribution in [2.75, 3.05) is 27.2 Å². The first kappa shape index (κ1) is 13.4. The fourth-order valence-electron chi connectivity index (χ4n) is 2.02. The summed E-state index contributed by atoms with van der Waals surface area (Å²) in [5.41, 5.74) is 0. The Labute approximate surface area is 97.7 Å². The molecule has 0 saturated carbocycles. The summed E-state index contributed by atoms with van der Waals surface area (Å²) in [6.45, 7) is 2.71. The topological polar surface area (TPSA) is 64.4 Å². The number of likely N-dealkylation sites (N-methyl/N-ethyl adjacent to an activating group) is 1. The predicted molar refractivity (Wildman–Crippen MR) is 62.3 cm³/mol. The molecule has 0 aliphatic carbocycles. The summed E-state index contributed by atoms with van der Waals surface area (Å²) in [5, 5.41) is 7.78. The van der Waals surface area contributed by atoms with Crippen LogP contribution in [0.4, 0.5) is 0 Å². The Kier molecular flexibility index (Phi) is 4.30. The fraction of sp³-hybridized carbons (Fsp3) is 0.900. The van der Waals surface area contributed by atoms with Gasteiger partial charge in [0.25, 0.3) is 0 Å². The molecule has 0 radical (unpaired) electrons. The number of nitriles is 1. The van der Waals surface area contributed by atoms with E-state index in [9.17, 15) is 8.42 Å². The Bertz CT molecular complexity index is 372. The normalized spacial score (nSPS) is 24.6. The Morgan fingerprint density at radius 2 is 2.19 bits per heavy atom. The molecular formula is C10H19N3O2S. The quantitative estimate of drug-likeness (QED) is 0.712. The van der Waals surface area contributed by atoms with Gasteiger partial charge in [-0.05, 0) is 33.9 Å². The van der Waals surface area contributed by atoms with E-state index in [1.807, 2.05) is 25.1 Å². The van der Waals surface area contributed by atoms with Crippen LogP contribution in [0.5, 0.6) is 0 Å². The van der Waals surface area contributed by atoms with Crippen LogP contribution in [0.2, 0.25) is 0 Å². The molecule has 1 fully saturated rings. The third-order valence-corrected chi connectivity index (χ3v) is 4.99. The first-order chi connectivity index (χ1) is 7.39. The lowest BCUT2D eigenvalue weighted by atomic mass is 10.2. The molecule has 0 aromatic rings. The molecule has 1 rings (SSSR count). The molecule has 1 aliphatic heterocycles. The maximum Gasteiger partial charge on any atom is 0.230 e. The molecule has 5 nitrogen and oxygen atoms in total. The first-order valence-electron chi connectivity index (χ1n) is 5.44. The van der Waals surface area contributed by atoms with Crippen molar-refractivity contribution in [2.45, 2.75) is 31.1 Å². The summed E-state index contributed by atoms with van der Waals surface area (Å²) in [5.74, 6) is 0. The van der Waals surface area contributed by atoms with E-state index in [1.165, 1.54) is 11.2 Å². The van der Waals surface area contributed by atoms with Crippen molar-refractivity contribution in [2.24, 2.45) is 0 Å². The minimum Gasteiger partial charge on any atom is -0.308 e. The summed E-state index contributed by atoms with van der Waals surface area (Å²) in [6, 6.07) is 1.84. The van der Waals surface area contributed by atoms with Crippen LogP contribution in [0.15, 0.2) is 0 Å². The average molecular weight is 245 g/mol. The molecule has 0 N–H and O–H groups in total. The van der Waals surface area contributed by atoms with Crippen molar-refractivity contribution < 1.29 is 8.42 Å². The molecular weight excluding hydrogens is 226 g/mol. The van der Waals surface area contributed by atoms with Crippen molar-refractivity contribution >= 4 is 10.0 Å². The molecule has 6 heteroatoms. The number of hydrogen-bond acceptors (Lipinski definition) is 4. The smallest absolute Gasteiger partial charge is 0.230 e. The SMILES string of the molecule is CC(C#N)S(=O)(=O)N1CCCC1CN(C)C. The van der Waals surface area contributed by atoms with E-state index in [0.717, 1.165) is 19.4 Å². The molecule has 0 amide bonds. The van der Waals surface area contributed by atoms with Crippen molar-refractivity contribution in [1.82, 2.24) is 9.21 Å². The highest BCUT2D eigenvalue weighted by atomic mass is 32.2. The lowest BCUT2D eigenvalue weighted by Gasteiger charge is -2.27. The van der Waals surface area contributed by atoms with Gasteiger partial charge in [0, 0.05) is 19.1 Å². The second-order valence-electron chi connectivity index (χ2n) is 4.49. The minimum absolute atomic E-state index is 0.0239. The van der Waals surface area contributed by atoms with Crippen LogP contribution in [0.1, 0.15) is 19.8 Å². The van der Waals surface area contributed by atoms with Crippen LogP contribution in [-0.4, -0.2) is 56.1 Å². The third kappa shape index (κ3) is 2.73. The lowest BCUT2D eigenvalue weighted by Crippen LogP contribution is -2.44. The molecule has 0 spiro atoms. The highest BCUT2D eigenvalue weighted by molar-refractivity contribution is 7.90. The Morgan fingerprint density at radius 3 is 2.69 bits per heavy atom. The van der Waals surface area contributed by atoms with E-state index < -0.39 is 15.3 Å². The van der Waals surface area contributed by atoms with Crippen LogP contribution in [-0.2, 0) is 10.0 Å². The van der Waals surface area contributed by atoms with Crippen LogP contribution < -0.4 is 0 Å². The fourth-order valence-corrected chi connectivity index (χ4v) is 3.53. The molecule has 0 aromatic heterocycles. The van der Waals surface area contributed by atoms with E-state index in [4.69, 9.17) is 5.26 Å². The van der Waals surface area contributed by atoms with Gasteiger partial charge >= 0.3 is 0 Å². The molecule has 0 aromatic carbocycles. The summed E-state index contributed by atoms with van der Waals surface area (Å²) >= 11 is 0. The van der Waals surface area contributed by atoms with Gasteiger partial charge in [0.05, 0.1) is 6.07 Å². The van der Waals surface area contributed by atoms with Crippen molar-refractivity contribution in [1.29, 1.82) is 5.26 Å². The molecule has 1 saturated heterocycles. The average Bonchev–Trinajstić information content (AvgIpc) is 2.64. The van der Waals surface area contributed by atoms with Gasteiger partial charge < -0.3 is 4.90 Å². The van der Waals surface area contributed by atoms with Gasteiger partial charge in [-0.1, -0.05) is 0 Å². The van der Waals surface area contributed by atoms with Crippen LogP contribution in [0.3, 0.4) is 0 Å². The zero-order chi connectivity index (χ0) is 12.3. The van der Waals surface area contributed by atoms with Crippen molar-refractivity contribution in [3.63, 3.8) is 0 Å². The highest BCUT2D eigenvalue weighted by Crippen LogP contribution is 2.23. The summed E-state index contributed by atoms with van der Waals surface area (Å²) < 4.78 is 25.6. The Hall–Kier alpha value is -0.640. The van der Waals surface area contributed by atoms with Gasteiger partial charge in [0.1, 0.15) is 0 Å². The predicted octanol–water partition coefficient (Wildman–Crippen LogP) is 0.254. The summed E-state index contributed by atoms with van der Waals surface area (Å²) in [4.78, 5) is 1.98. The molecule has 92 valence electrons. The molecule has 2 unspecified atom stereocenters. The lowest BCUT2D eigenvalue weighted by molar-refractivity contribution is 0.290. The third-order valence-electron chi connectivity index (χ3n) is 2.85. The Balaban J connectivity index is 2.83. The van der Waals surface area contributed by atoms with Gasteiger partial charge in [0.15, 0.2) is 5.25 Å². The zero-order valence-corrected chi connectivity index (χ0v) is 10.9. The molecule has 1 heterocycles. The van der Waals surface area contributed by atoms with Gasteiger partial charge in [0.2, 0.25) is 10.0 Å². The van der Waals surface area contributed by atoms with Crippen molar-refractivity contribution in [3.05, 3.63) is 0 Å². The number of nitrogens with zero attached hydrogens (tertiary/aromatic N) is 3. The standard InChI is InChI=1S/C10H19N3O2S/c1-9(7-11)16(14,15)13-6-4-5-10(13)8-12(2)3/h9-10H,4-6,8H2,1-3H3. The van der Waals surface area contributed by atoms with Crippen LogP contribution in [0.25, 0.3) is 0 Å². The van der Waals surface area contributed by atoms with E-state index in [0.29, 0.717) is 6.54 Å². The van der Waals surface area contributed by atoms with Crippen LogP contribution >= 0.6 is 0 Å². The van der Waals surface area contributed by atoms with Crippen LogP contribution in [0, 0.1) is 11.3 Å². The zero-order valence-electron chi connectivity index (χ0n) is 10.0. The molecule has 2 atom stereocenters. The van der Waals surface area contributed by atoms with Gasteiger partial charge in [-0.3, -0.25) is 0 Å². The Morgan fingerprint density at radius 1 is 1.56 bits per heavy atom. The first-order valence-corrected chi connectivity index (χ1v) is 6.95. The van der Waals surface area contributed by atoms with E-state index >= 15 is 0 Å². The second kappa shape index (κ2) is 5.13. The molecule has 1 aliphatic rings. The van der Waals surface area contributed by atoms with E-state index in [1.54, 1.807) is 0 Å². The maximum atomic E-state index is 12.0.